The molecule has 0 saturated heterocycles. The van der Waals surface area contributed by atoms with Crippen LogP contribution in [0.5, 0.6) is 5.75 Å². The summed E-state index contributed by atoms with van der Waals surface area (Å²) in [5, 5.41) is 0. The van der Waals surface area contributed by atoms with E-state index in [0.29, 0.717) is 26.1 Å². The van der Waals surface area contributed by atoms with Crippen LogP contribution in [0.25, 0.3) is 0 Å². The average Bonchev–Trinajstić information content (AvgIpc) is 2.47. The van der Waals surface area contributed by atoms with Gasteiger partial charge in [0.25, 0.3) is 0 Å². The van der Waals surface area contributed by atoms with Crippen molar-refractivity contribution in [1.82, 2.24) is 0 Å². The molecule has 110 valence electrons. The second-order valence-electron chi connectivity index (χ2n) is 4.55. The number of hydrogen-bond donors (Lipinski definition) is 0. The zero-order chi connectivity index (χ0) is 14.8. The van der Waals surface area contributed by atoms with Crippen molar-refractivity contribution in [3.05, 3.63) is 42.0 Å². The van der Waals surface area contributed by atoms with Crippen molar-refractivity contribution in [2.75, 3.05) is 19.8 Å². The first-order valence-electron chi connectivity index (χ1n) is 7.20. The third kappa shape index (κ3) is 5.17. The minimum atomic E-state index is 0.146. The van der Waals surface area contributed by atoms with E-state index < -0.39 is 0 Å². The molecule has 0 atom stereocenters. The Kier molecular flexibility index (Phi) is 7.66. The smallest absolute Gasteiger partial charge is 0.162 e. The second-order valence-corrected chi connectivity index (χ2v) is 4.55. The Hall–Kier alpha value is -1.61. The first-order chi connectivity index (χ1) is 9.72. The zero-order valence-electron chi connectivity index (χ0n) is 12.5. The maximum Gasteiger partial charge on any atom is 0.162 e. The highest BCUT2D eigenvalue weighted by molar-refractivity contribution is 5.96. The van der Waals surface area contributed by atoms with Gasteiger partial charge in [0.05, 0.1) is 6.61 Å². The van der Waals surface area contributed by atoms with Crippen LogP contribution in [0.1, 0.15) is 42.6 Å². The standard InChI is InChI=1S/C17H24O3/c1-4-7-15-13-14(16(18)6-3)8-9-17(15)20-12-11-19-10-5-2/h4,8-9,13H,1,5-7,10-12H2,2-3H3. The highest BCUT2D eigenvalue weighted by Gasteiger charge is 2.08. The van der Waals surface area contributed by atoms with Gasteiger partial charge in [-0.05, 0) is 36.6 Å². The summed E-state index contributed by atoms with van der Waals surface area (Å²) in [6.07, 6.45) is 4.03. The van der Waals surface area contributed by atoms with Crippen molar-refractivity contribution >= 4 is 5.78 Å². The molecule has 1 rings (SSSR count). The summed E-state index contributed by atoms with van der Waals surface area (Å²) < 4.78 is 11.1. The molecule has 0 unspecified atom stereocenters. The summed E-state index contributed by atoms with van der Waals surface area (Å²) >= 11 is 0. The largest absolute Gasteiger partial charge is 0.491 e. The molecule has 0 fully saturated rings. The second kappa shape index (κ2) is 9.32. The number of rotatable bonds is 10. The third-order valence-electron chi connectivity index (χ3n) is 2.90. The van der Waals surface area contributed by atoms with Crippen molar-refractivity contribution in [3.8, 4) is 5.75 Å². The molecule has 0 spiro atoms. The fourth-order valence-corrected chi connectivity index (χ4v) is 1.87. The molecule has 20 heavy (non-hydrogen) atoms. The van der Waals surface area contributed by atoms with Gasteiger partial charge in [-0.3, -0.25) is 4.79 Å². The summed E-state index contributed by atoms with van der Waals surface area (Å²) in [6.45, 7) is 9.55. The van der Waals surface area contributed by atoms with Crippen molar-refractivity contribution in [2.24, 2.45) is 0 Å². The zero-order valence-corrected chi connectivity index (χ0v) is 12.5. The molecule has 0 aromatic heterocycles. The molecule has 0 aliphatic rings. The first kappa shape index (κ1) is 16.4. The molecule has 0 amide bonds. The fourth-order valence-electron chi connectivity index (χ4n) is 1.87. The van der Waals surface area contributed by atoms with E-state index in [4.69, 9.17) is 9.47 Å². The highest BCUT2D eigenvalue weighted by atomic mass is 16.5. The van der Waals surface area contributed by atoms with Gasteiger partial charge in [-0.15, -0.1) is 6.58 Å². The number of hydrogen-bond acceptors (Lipinski definition) is 3. The van der Waals surface area contributed by atoms with Crippen molar-refractivity contribution in [2.45, 2.75) is 33.1 Å². The van der Waals surface area contributed by atoms with E-state index in [0.717, 1.165) is 29.9 Å². The summed E-state index contributed by atoms with van der Waals surface area (Å²) in [6, 6.07) is 5.58. The van der Waals surface area contributed by atoms with E-state index in [1.807, 2.05) is 31.2 Å². The summed E-state index contributed by atoms with van der Waals surface area (Å²) in [5.41, 5.74) is 1.73. The number of ether oxygens (including phenoxy) is 2. The Morgan fingerprint density at radius 3 is 2.70 bits per heavy atom. The minimum Gasteiger partial charge on any atom is -0.491 e. The number of carbonyl (C=O) groups excluding carboxylic acids is 1. The van der Waals surface area contributed by atoms with Gasteiger partial charge < -0.3 is 9.47 Å². The van der Waals surface area contributed by atoms with Gasteiger partial charge in [0.2, 0.25) is 0 Å². The number of carbonyl (C=O) groups is 1. The van der Waals surface area contributed by atoms with Gasteiger partial charge >= 0.3 is 0 Å². The normalized spacial score (nSPS) is 10.3. The monoisotopic (exact) mass is 276 g/mol. The summed E-state index contributed by atoms with van der Waals surface area (Å²) in [5.74, 6) is 0.950. The third-order valence-corrected chi connectivity index (χ3v) is 2.90. The lowest BCUT2D eigenvalue weighted by Crippen LogP contribution is -2.09. The first-order valence-corrected chi connectivity index (χ1v) is 7.20. The molecule has 0 aliphatic heterocycles. The molecule has 1 aromatic carbocycles. The van der Waals surface area contributed by atoms with Crippen LogP contribution in [0.4, 0.5) is 0 Å². The molecule has 3 nitrogen and oxygen atoms in total. The Morgan fingerprint density at radius 2 is 2.05 bits per heavy atom. The van der Waals surface area contributed by atoms with Crippen LogP contribution in [0.2, 0.25) is 0 Å². The van der Waals surface area contributed by atoms with Crippen molar-refractivity contribution in [3.63, 3.8) is 0 Å². The molecular weight excluding hydrogens is 252 g/mol. The summed E-state index contributed by atoms with van der Waals surface area (Å²) in [7, 11) is 0. The molecule has 0 aliphatic carbocycles. The Morgan fingerprint density at radius 1 is 1.25 bits per heavy atom. The molecule has 3 heteroatoms. The lowest BCUT2D eigenvalue weighted by Gasteiger charge is -2.12. The topological polar surface area (TPSA) is 35.5 Å². The van der Waals surface area contributed by atoms with Gasteiger partial charge in [0.1, 0.15) is 12.4 Å². The van der Waals surface area contributed by atoms with Crippen LogP contribution in [0.3, 0.4) is 0 Å². The SMILES string of the molecule is C=CCc1cc(C(=O)CC)ccc1OCCOCCC. The van der Waals surface area contributed by atoms with E-state index in [-0.39, 0.29) is 5.78 Å². The maximum atomic E-state index is 11.7. The van der Waals surface area contributed by atoms with Gasteiger partial charge in [0.15, 0.2) is 5.78 Å². The van der Waals surface area contributed by atoms with E-state index in [1.54, 1.807) is 0 Å². The van der Waals surface area contributed by atoms with Crippen LogP contribution in [-0.2, 0) is 11.2 Å². The minimum absolute atomic E-state index is 0.146. The van der Waals surface area contributed by atoms with Crippen LogP contribution in [0, 0.1) is 0 Å². The molecule has 0 radical (unpaired) electrons. The van der Waals surface area contributed by atoms with Gasteiger partial charge in [-0.2, -0.15) is 0 Å². The molecule has 1 aromatic rings. The van der Waals surface area contributed by atoms with Crippen LogP contribution in [0.15, 0.2) is 30.9 Å². The fraction of sp³-hybridized carbons (Fsp3) is 0.471. The molecule has 0 heterocycles. The lowest BCUT2D eigenvalue weighted by atomic mass is 10.0. The number of ketones is 1. The number of allylic oxidation sites excluding steroid dienone is 1. The molecule has 0 N–H and O–H groups in total. The molecule has 0 bridgehead atoms. The van der Waals surface area contributed by atoms with Crippen LogP contribution >= 0.6 is 0 Å². The van der Waals surface area contributed by atoms with Crippen molar-refractivity contribution < 1.29 is 14.3 Å². The van der Waals surface area contributed by atoms with Gasteiger partial charge in [-0.25, -0.2) is 0 Å². The van der Waals surface area contributed by atoms with Crippen molar-refractivity contribution in [1.29, 1.82) is 0 Å². The molecule has 0 saturated carbocycles. The Balaban J connectivity index is 2.69. The van der Waals surface area contributed by atoms with E-state index in [1.165, 1.54) is 0 Å². The van der Waals surface area contributed by atoms with Crippen LogP contribution in [-0.4, -0.2) is 25.6 Å². The average molecular weight is 276 g/mol. The van der Waals surface area contributed by atoms with E-state index in [9.17, 15) is 4.79 Å². The number of benzene rings is 1. The van der Waals surface area contributed by atoms with E-state index >= 15 is 0 Å². The Bertz CT molecular complexity index is 438. The Labute approximate surface area is 121 Å². The lowest BCUT2D eigenvalue weighted by molar-refractivity contribution is 0.0984. The predicted molar refractivity (Wildman–Crippen MR) is 81.6 cm³/mol. The van der Waals surface area contributed by atoms with Gasteiger partial charge in [0, 0.05) is 18.6 Å². The highest BCUT2D eigenvalue weighted by Crippen LogP contribution is 2.22. The quantitative estimate of drug-likeness (QED) is 0.370. The maximum absolute atomic E-state index is 11.7. The molecular formula is C17H24O3. The van der Waals surface area contributed by atoms with E-state index in [2.05, 4.69) is 13.5 Å². The summed E-state index contributed by atoms with van der Waals surface area (Å²) in [4.78, 5) is 11.7. The predicted octanol–water partition coefficient (Wildman–Crippen LogP) is 3.81. The number of Topliss-reactive ketones (excluding diaryl/α,β-unsaturated/α-hetero) is 1. The van der Waals surface area contributed by atoms with Crippen LogP contribution < -0.4 is 4.74 Å². The van der Waals surface area contributed by atoms with Gasteiger partial charge in [-0.1, -0.05) is 19.9 Å².